The average Bonchev–Trinajstić information content (AvgIpc) is 2.43. The molecule has 0 N–H and O–H groups in total. The summed E-state index contributed by atoms with van der Waals surface area (Å²) in [6.45, 7) is 3.28. The molecule has 0 aliphatic carbocycles. The van der Waals surface area contributed by atoms with Crippen LogP contribution in [0.1, 0.15) is 32.6 Å². The van der Waals surface area contributed by atoms with Crippen LogP contribution in [0.25, 0.3) is 0 Å². The molecule has 1 aliphatic heterocycles. The number of unbranched alkanes of at least 4 members (excludes halogenated alkanes) is 3. The molecule has 3 nitrogen and oxygen atoms in total. The molecule has 4 heteroatoms. The summed E-state index contributed by atoms with van der Waals surface area (Å²) >= 11 is 3.57. The molecule has 1 unspecified atom stereocenters. The molecule has 1 aliphatic rings. The van der Waals surface area contributed by atoms with Gasteiger partial charge in [0.1, 0.15) is 6.34 Å². The summed E-state index contributed by atoms with van der Waals surface area (Å²) in [6.07, 6.45) is 7.04. The predicted octanol–water partition coefficient (Wildman–Crippen LogP) is 2.44. The summed E-state index contributed by atoms with van der Waals surface area (Å²) in [7, 11) is 2.02. The van der Waals surface area contributed by atoms with Crippen LogP contribution in [0.2, 0.25) is 0 Å². The van der Waals surface area contributed by atoms with Crippen LogP contribution >= 0.6 is 15.9 Å². The van der Waals surface area contributed by atoms with Crippen molar-refractivity contribution in [1.82, 2.24) is 9.91 Å². The summed E-state index contributed by atoms with van der Waals surface area (Å²) in [6, 6.07) is 0. The van der Waals surface area contributed by atoms with Gasteiger partial charge in [0.2, 0.25) is 0 Å². The lowest BCUT2D eigenvalue weighted by atomic mass is 10.2. The Labute approximate surface area is 88.9 Å². The lowest BCUT2D eigenvalue weighted by Gasteiger charge is -2.22. The second-order valence-corrected chi connectivity index (χ2v) is 4.25. The average molecular weight is 248 g/mol. The molecule has 0 saturated carbocycles. The number of halogens is 1. The van der Waals surface area contributed by atoms with Gasteiger partial charge in [-0.2, -0.15) is 5.10 Å². The summed E-state index contributed by atoms with van der Waals surface area (Å²) in [4.78, 5) is 2.06. The Kier molecular flexibility index (Phi) is 4.56. The topological polar surface area (TPSA) is 18.8 Å². The van der Waals surface area contributed by atoms with Gasteiger partial charge in [0, 0.05) is 13.6 Å². The van der Waals surface area contributed by atoms with Gasteiger partial charge in [-0.15, -0.1) is 0 Å². The first-order valence-corrected chi connectivity index (χ1v) is 5.84. The van der Waals surface area contributed by atoms with Crippen LogP contribution in [0.4, 0.5) is 0 Å². The largest absolute Gasteiger partial charge is 0.334 e. The number of nitrogens with zero attached hydrogens (tertiary/aromatic N) is 3. The standard InChI is InChI=1S/C9H18BrN3/c1-3-4-5-6-7-13-9(10)12(2)8-11-13/h8-9H,3-7H2,1-2H3. The van der Waals surface area contributed by atoms with Gasteiger partial charge >= 0.3 is 0 Å². The highest BCUT2D eigenvalue weighted by molar-refractivity contribution is 9.09. The summed E-state index contributed by atoms with van der Waals surface area (Å²) in [5.41, 5.74) is 0. The van der Waals surface area contributed by atoms with Gasteiger partial charge in [-0.05, 0) is 22.4 Å². The normalized spacial score (nSPS) is 21.6. The highest BCUT2D eigenvalue weighted by atomic mass is 79.9. The van der Waals surface area contributed by atoms with Crippen molar-refractivity contribution in [3.63, 3.8) is 0 Å². The number of rotatable bonds is 5. The molecule has 0 aromatic carbocycles. The first-order chi connectivity index (χ1) is 6.25. The Bertz CT molecular complexity index is 172. The van der Waals surface area contributed by atoms with Gasteiger partial charge in [0.25, 0.3) is 0 Å². The number of hydrazone groups is 1. The van der Waals surface area contributed by atoms with Gasteiger partial charge in [-0.25, -0.2) is 0 Å². The summed E-state index contributed by atoms with van der Waals surface area (Å²) < 4.78 is 0. The molecule has 0 bridgehead atoms. The van der Waals surface area contributed by atoms with Crippen LogP contribution in [0, 0.1) is 0 Å². The van der Waals surface area contributed by atoms with E-state index >= 15 is 0 Å². The predicted molar refractivity (Wildman–Crippen MR) is 59.8 cm³/mol. The highest BCUT2D eigenvalue weighted by Gasteiger charge is 2.20. The van der Waals surface area contributed by atoms with Crippen LogP contribution in [0.3, 0.4) is 0 Å². The monoisotopic (exact) mass is 247 g/mol. The maximum atomic E-state index is 4.28. The molecule has 0 aromatic rings. The molecular weight excluding hydrogens is 230 g/mol. The fourth-order valence-electron chi connectivity index (χ4n) is 1.33. The van der Waals surface area contributed by atoms with Crippen molar-refractivity contribution in [1.29, 1.82) is 0 Å². The van der Waals surface area contributed by atoms with Gasteiger partial charge < -0.3 is 4.90 Å². The third-order valence-corrected chi connectivity index (χ3v) is 3.32. The molecule has 1 rings (SSSR count). The summed E-state index contributed by atoms with van der Waals surface area (Å²) in [5.74, 6) is 0. The first kappa shape index (κ1) is 10.8. The van der Waals surface area contributed by atoms with Crippen LogP contribution in [-0.2, 0) is 0 Å². The SMILES string of the molecule is CCCCCCN1N=CN(C)C1Br. The van der Waals surface area contributed by atoms with Gasteiger partial charge in [0.05, 0.1) is 0 Å². The zero-order valence-corrected chi connectivity index (χ0v) is 10.00. The quantitative estimate of drug-likeness (QED) is 0.422. The van der Waals surface area contributed by atoms with Crippen LogP contribution in [-0.4, -0.2) is 34.9 Å². The Balaban J connectivity index is 2.12. The Hall–Kier alpha value is -0.250. The van der Waals surface area contributed by atoms with Crippen molar-refractivity contribution in [2.24, 2.45) is 5.10 Å². The smallest absolute Gasteiger partial charge is 0.175 e. The molecule has 76 valence electrons. The molecule has 0 fully saturated rings. The molecular formula is C9H18BrN3. The van der Waals surface area contributed by atoms with E-state index in [2.05, 4.69) is 37.9 Å². The van der Waals surface area contributed by atoms with E-state index in [9.17, 15) is 0 Å². The van der Waals surface area contributed by atoms with Crippen LogP contribution < -0.4 is 0 Å². The van der Waals surface area contributed by atoms with Crippen molar-refractivity contribution in [3.05, 3.63) is 0 Å². The molecule has 0 spiro atoms. The summed E-state index contributed by atoms with van der Waals surface area (Å²) in [5, 5.41) is 6.62. The Morgan fingerprint density at radius 1 is 1.38 bits per heavy atom. The van der Waals surface area contributed by atoms with E-state index < -0.39 is 0 Å². The molecule has 0 aromatic heterocycles. The molecule has 0 saturated heterocycles. The van der Waals surface area contributed by atoms with Gasteiger partial charge in [-0.3, -0.25) is 5.01 Å². The van der Waals surface area contributed by atoms with Crippen LogP contribution in [0.5, 0.6) is 0 Å². The van der Waals surface area contributed by atoms with Crippen LogP contribution in [0.15, 0.2) is 5.10 Å². The number of hydrogen-bond donors (Lipinski definition) is 0. The minimum absolute atomic E-state index is 0.258. The van der Waals surface area contributed by atoms with Crippen molar-refractivity contribution < 1.29 is 0 Å². The second-order valence-electron chi connectivity index (χ2n) is 3.43. The van der Waals surface area contributed by atoms with E-state index in [-0.39, 0.29) is 5.08 Å². The minimum atomic E-state index is 0.258. The first-order valence-electron chi connectivity index (χ1n) is 4.92. The lowest BCUT2D eigenvalue weighted by Crippen LogP contribution is -2.32. The third kappa shape index (κ3) is 3.18. The number of alkyl halides is 1. The fraction of sp³-hybridized carbons (Fsp3) is 0.889. The van der Waals surface area contributed by atoms with E-state index in [1.165, 1.54) is 25.7 Å². The van der Waals surface area contributed by atoms with Crippen molar-refractivity contribution in [2.45, 2.75) is 37.7 Å². The van der Waals surface area contributed by atoms with E-state index in [4.69, 9.17) is 0 Å². The maximum Gasteiger partial charge on any atom is 0.175 e. The molecule has 1 heterocycles. The zero-order chi connectivity index (χ0) is 9.68. The van der Waals surface area contributed by atoms with E-state index in [1.807, 2.05) is 13.4 Å². The van der Waals surface area contributed by atoms with Crippen molar-refractivity contribution >= 4 is 22.3 Å². The second kappa shape index (κ2) is 5.47. The maximum absolute atomic E-state index is 4.28. The molecule has 1 atom stereocenters. The van der Waals surface area contributed by atoms with Gasteiger partial charge in [-0.1, -0.05) is 26.2 Å². The van der Waals surface area contributed by atoms with E-state index in [0.29, 0.717) is 0 Å². The molecule has 0 radical (unpaired) electrons. The molecule has 13 heavy (non-hydrogen) atoms. The lowest BCUT2D eigenvalue weighted by molar-refractivity contribution is 0.224. The zero-order valence-electron chi connectivity index (χ0n) is 8.41. The Morgan fingerprint density at radius 3 is 2.69 bits per heavy atom. The Morgan fingerprint density at radius 2 is 2.15 bits per heavy atom. The minimum Gasteiger partial charge on any atom is -0.334 e. The van der Waals surface area contributed by atoms with Crippen molar-refractivity contribution in [3.8, 4) is 0 Å². The number of hydrogen-bond acceptors (Lipinski definition) is 3. The molecule has 0 amide bonds. The van der Waals surface area contributed by atoms with E-state index in [0.717, 1.165) is 6.54 Å². The van der Waals surface area contributed by atoms with Gasteiger partial charge in [0.15, 0.2) is 5.08 Å². The third-order valence-electron chi connectivity index (χ3n) is 2.20. The highest BCUT2D eigenvalue weighted by Crippen LogP contribution is 2.17. The van der Waals surface area contributed by atoms with Crippen molar-refractivity contribution in [2.75, 3.05) is 13.6 Å². The van der Waals surface area contributed by atoms with E-state index in [1.54, 1.807) is 0 Å². The fourth-order valence-corrected chi connectivity index (χ4v) is 1.75.